The monoisotopic (exact) mass is 286 g/mol. The van der Waals surface area contributed by atoms with Gasteiger partial charge in [0.25, 0.3) is 5.91 Å². The molecule has 2 rings (SSSR count). The third kappa shape index (κ3) is 2.95. The summed E-state index contributed by atoms with van der Waals surface area (Å²) in [4.78, 5) is 14.0. The number of rotatable bonds is 4. The van der Waals surface area contributed by atoms with Crippen LogP contribution in [-0.4, -0.2) is 36.5 Å². The van der Waals surface area contributed by atoms with Crippen LogP contribution in [-0.2, 0) is 0 Å². The summed E-state index contributed by atoms with van der Waals surface area (Å²) >= 11 is 0. The summed E-state index contributed by atoms with van der Waals surface area (Å²) in [6, 6.07) is 1.52. The average Bonchev–Trinajstić information content (AvgIpc) is 2.94. The molecule has 20 heavy (non-hydrogen) atoms. The topological polar surface area (TPSA) is 32.3 Å². The van der Waals surface area contributed by atoms with Gasteiger partial charge in [0.1, 0.15) is 0 Å². The minimum Gasteiger partial charge on any atom is -0.334 e. The zero-order valence-corrected chi connectivity index (χ0v) is 11.3. The molecule has 1 fully saturated rings. The van der Waals surface area contributed by atoms with E-state index in [9.17, 15) is 18.0 Å². The van der Waals surface area contributed by atoms with Crippen molar-refractivity contribution >= 4 is 5.91 Å². The Balaban J connectivity index is 2.27. The zero-order valence-electron chi connectivity index (χ0n) is 11.3. The number of carbonyl (C=O) groups is 1. The van der Waals surface area contributed by atoms with Crippen molar-refractivity contribution in [1.82, 2.24) is 10.2 Å². The Hall–Kier alpha value is -1.56. The number of carbonyl (C=O) groups excluding carboxylic acids is 1. The molecule has 0 aliphatic carbocycles. The number of nitrogens with zero attached hydrogens (tertiary/aromatic N) is 1. The fraction of sp³-hybridized carbons (Fsp3) is 0.500. The molecule has 0 spiro atoms. The molecule has 1 heterocycles. The Labute approximate surface area is 115 Å². The van der Waals surface area contributed by atoms with Crippen LogP contribution in [0.1, 0.15) is 30.1 Å². The molecular formula is C14H17F3N2O. The van der Waals surface area contributed by atoms with E-state index in [1.807, 2.05) is 6.92 Å². The van der Waals surface area contributed by atoms with E-state index in [2.05, 4.69) is 5.32 Å². The first kappa shape index (κ1) is 14.8. The number of benzene rings is 1. The number of hydrogen-bond acceptors (Lipinski definition) is 2. The summed E-state index contributed by atoms with van der Waals surface area (Å²) in [7, 11) is 0. The van der Waals surface area contributed by atoms with Gasteiger partial charge >= 0.3 is 0 Å². The molecule has 1 unspecified atom stereocenters. The highest BCUT2D eigenvalue weighted by atomic mass is 19.2. The van der Waals surface area contributed by atoms with Gasteiger partial charge in [-0.1, -0.05) is 6.92 Å². The van der Waals surface area contributed by atoms with Gasteiger partial charge < -0.3 is 10.2 Å². The average molecular weight is 286 g/mol. The molecule has 3 nitrogen and oxygen atoms in total. The molecule has 1 aliphatic rings. The molecule has 1 N–H and O–H groups in total. The van der Waals surface area contributed by atoms with E-state index in [4.69, 9.17) is 0 Å². The molecule has 0 aromatic heterocycles. The Morgan fingerprint density at radius 3 is 2.50 bits per heavy atom. The summed E-state index contributed by atoms with van der Waals surface area (Å²) in [6.07, 6.45) is 1.55. The van der Waals surface area contributed by atoms with Crippen LogP contribution in [0.3, 0.4) is 0 Å². The molecule has 6 heteroatoms. The highest BCUT2D eigenvalue weighted by Crippen LogP contribution is 2.18. The van der Waals surface area contributed by atoms with Crippen molar-refractivity contribution in [3.05, 3.63) is 35.1 Å². The number of nitrogens with one attached hydrogen (secondary N) is 1. The molecule has 0 radical (unpaired) electrons. The van der Waals surface area contributed by atoms with Crippen molar-refractivity contribution in [2.24, 2.45) is 0 Å². The van der Waals surface area contributed by atoms with E-state index in [1.165, 1.54) is 0 Å². The van der Waals surface area contributed by atoms with Crippen LogP contribution in [0.15, 0.2) is 12.1 Å². The third-order valence-corrected chi connectivity index (χ3v) is 3.43. The third-order valence-electron chi connectivity index (χ3n) is 3.43. The molecule has 1 aromatic rings. The van der Waals surface area contributed by atoms with Crippen LogP contribution in [0.2, 0.25) is 0 Å². The smallest absolute Gasteiger partial charge is 0.254 e. The van der Waals surface area contributed by atoms with Crippen LogP contribution in [0.4, 0.5) is 13.2 Å². The van der Waals surface area contributed by atoms with Crippen molar-refractivity contribution in [3.63, 3.8) is 0 Å². The quantitative estimate of drug-likeness (QED) is 0.862. The van der Waals surface area contributed by atoms with Gasteiger partial charge in [0.05, 0.1) is 0 Å². The maximum atomic E-state index is 13.2. The molecule has 110 valence electrons. The summed E-state index contributed by atoms with van der Waals surface area (Å²) in [5, 5.41) is 3.15. The van der Waals surface area contributed by atoms with Gasteiger partial charge in [-0.2, -0.15) is 0 Å². The molecule has 0 bridgehead atoms. The largest absolute Gasteiger partial charge is 0.334 e. The summed E-state index contributed by atoms with van der Waals surface area (Å²) in [5.74, 6) is -4.69. The molecule has 1 atom stereocenters. The number of amides is 1. The normalized spacial score (nSPS) is 18.3. The lowest BCUT2D eigenvalue weighted by molar-refractivity contribution is 0.0691. The van der Waals surface area contributed by atoms with Crippen LogP contribution in [0, 0.1) is 17.5 Å². The fourth-order valence-corrected chi connectivity index (χ4v) is 2.44. The van der Waals surface area contributed by atoms with Gasteiger partial charge in [0, 0.05) is 24.7 Å². The lowest BCUT2D eigenvalue weighted by Crippen LogP contribution is -2.42. The van der Waals surface area contributed by atoms with Gasteiger partial charge in [-0.05, 0) is 31.5 Å². The highest BCUT2D eigenvalue weighted by molar-refractivity contribution is 5.94. The van der Waals surface area contributed by atoms with Crippen molar-refractivity contribution in [1.29, 1.82) is 0 Å². The van der Waals surface area contributed by atoms with Crippen molar-refractivity contribution in [3.8, 4) is 0 Å². The van der Waals surface area contributed by atoms with Gasteiger partial charge in [-0.25, -0.2) is 13.2 Å². The maximum Gasteiger partial charge on any atom is 0.254 e. The molecule has 1 aliphatic heterocycles. The zero-order chi connectivity index (χ0) is 14.7. The Bertz CT molecular complexity index is 478. The first-order valence-electron chi connectivity index (χ1n) is 6.70. The second-order valence-corrected chi connectivity index (χ2v) is 4.90. The van der Waals surface area contributed by atoms with Crippen molar-refractivity contribution in [2.75, 3.05) is 19.6 Å². The maximum absolute atomic E-state index is 13.2. The number of hydrogen-bond donors (Lipinski definition) is 1. The minimum atomic E-state index is -1.55. The molecule has 1 saturated heterocycles. The Kier molecular flexibility index (Phi) is 4.65. The fourth-order valence-electron chi connectivity index (χ4n) is 2.44. The Morgan fingerprint density at radius 2 is 2.00 bits per heavy atom. The van der Waals surface area contributed by atoms with E-state index < -0.39 is 23.4 Å². The van der Waals surface area contributed by atoms with Crippen LogP contribution in [0.25, 0.3) is 0 Å². The van der Waals surface area contributed by atoms with E-state index in [1.54, 1.807) is 4.90 Å². The molecule has 1 amide bonds. The lowest BCUT2D eigenvalue weighted by Gasteiger charge is -2.28. The van der Waals surface area contributed by atoms with Gasteiger partial charge in [0.15, 0.2) is 17.5 Å². The van der Waals surface area contributed by atoms with Crippen LogP contribution in [0.5, 0.6) is 0 Å². The standard InChI is InChI=1S/C14H17F3N2O/c1-2-5-19(10-3-4-18-8-10)14(20)9-6-11(15)13(17)12(16)7-9/h6-7,10,18H,2-5,8H2,1H3. The summed E-state index contributed by atoms with van der Waals surface area (Å²) < 4.78 is 39.4. The number of halogens is 3. The van der Waals surface area contributed by atoms with Gasteiger partial charge in [-0.15, -0.1) is 0 Å². The first-order chi connectivity index (χ1) is 9.54. The SMILES string of the molecule is CCCN(C(=O)c1cc(F)c(F)c(F)c1)C1CCNC1. The predicted octanol–water partition coefficient (Wildman–Crippen LogP) is 2.32. The highest BCUT2D eigenvalue weighted by Gasteiger charge is 2.27. The second-order valence-electron chi connectivity index (χ2n) is 4.90. The minimum absolute atomic E-state index is 0.0126. The first-order valence-corrected chi connectivity index (χ1v) is 6.70. The second kappa shape index (κ2) is 6.26. The van der Waals surface area contributed by atoms with Gasteiger partial charge in [-0.3, -0.25) is 4.79 Å². The van der Waals surface area contributed by atoms with Crippen LogP contribution >= 0.6 is 0 Å². The Morgan fingerprint density at radius 1 is 1.35 bits per heavy atom. The molecular weight excluding hydrogens is 269 g/mol. The summed E-state index contributed by atoms with van der Waals surface area (Å²) in [6.45, 7) is 3.91. The predicted molar refractivity (Wildman–Crippen MR) is 68.9 cm³/mol. The molecule has 1 aromatic carbocycles. The summed E-state index contributed by atoms with van der Waals surface area (Å²) in [5.41, 5.74) is -0.151. The van der Waals surface area contributed by atoms with Crippen molar-refractivity contribution in [2.45, 2.75) is 25.8 Å². The van der Waals surface area contributed by atoms with Gasteiger partial charge in [0.2, 0.25) is 0 Å². The van der Waals surface area contributed by atoms with E-state index in [0.717, 1.165) is 31.5 Å². The van der Waals surface area contributed by atoms with E-state index >= 15 is 0 Å². The van der Waals surface area contributed by atoms with E-state index in [-0.39, 0.29) is 11.6 Å². The van der Waals surface area contributed by atoms with Crippen molar-refractivity contribution < 1.29 is 18.0 Å². The molecule has 0 saturated carbocycles. The lowest BCUT2D eigenvalue weighted by atomic mass is 10.1. The van der Waals surface area contributed by atoms with Crippen LogP contribution < -0.4 is 5.32 Å². The van der Waals surface area contributed by atoms with E-state index in [0.29, 0.717) is 13.1 Å².